The van der Waals surface area contributed by atoms with Crippen LogP contribution in [0.25, 0.3) is 0 Å². The van der Waals surface area contributed by atoms with E-state index in [9.17, 15) is 68.1 Å². The first-order valence-corrected chi connectivity index (χ1v) is 24.6. The molecule has 1 aliphatic heterocycles. The molecule has 26 nitrogen and oxygen atoms in total. The van der Waals surface area contributed by atoms with Gasteiger partial charge in [-0.1, -0.05) is 42.5 Å². The van der Waals surface area contributed by atoms with E-state index in [1.807, 2.05) is 0 Å². The zero-order valence-electron chi connectivity index (χ0n) is 40.2. The van der Waals surface area contributed by atoms with Crippen LogP contribution in [0.4, 0.5) is 0 Å². The first-order chi connectivity index (χ1) is 35.1. The summed E-state index contributed by atoms with van der Waals surface area (Å²) in [5, 5.41) is 55.9. The summed E-state index contributed by atoms with van der Waals surface area (Å²) in [5.74, 6) is -11.8. The van der Waals surface area contributed by atoms with Crippen LogP contribution in [0, 0.1) is 5.41 Å². The average Bonchev–Trinajstić information content (AvgIpc) is 3.85. The fraction of sp³-hybridized carbons (Fsp3) is 0.478. The number of aromatic hydroxyl groups is 1. The summed E-state index contributed by atoms with van der Waals surface area (Å²) in [7, 11) is 0. The summed E-state index contributed by atoms with van der Waals surface area (Å²) < 4.78 is 0. The van der Waals surface area contributed by atoms with Gasteiger partial charge in [0.2, 0.25) is 53.2 Å². The van der Waals surface area contributed by atoms with E-state index in [0.717, 1.165) is 4.90 Å². The van der Waals surface area contributed by atoms with Gasteiger partial charge in [0.05, 0.1) is 13.0 Å². The number of guanidine groups is 1. The number of hydrogen-bond acceptors (Lipinski definition) is 16. The Morgan fingerprint density at radius 2 is 1.22 bits per heavy atom. The molecule has 3 rings (SSSR count). The quantitative estimate of drug-likeness (QED) is 0.0156. The zero-order valence-corrected chi connectivity index (χ0v) is 42.0. The average molecular weight is 1070 g/mol. The van der Waals surface area contributed by atoms with Crippen LogP contribution in [-0.2, 0) is 65.6 Å². The van der Waals surface area contributed by atoms with Gasteiger partial charge in [0.25, 0.3) is 0 Å². The molecule has 0 unspecified atom stereocenters. The topological polar surface area (TPSA) is 424 Å². The molecule has 0 radical (unpaired) electrons. The molecule has 404 valence electrons. The van der Waals surface area contributed by atoms with E-state index in [1.165, 1.54) is 24.3 Å². The second kappa shape index (κ2) is 31.2. The van der Waals surface area contributed by atoms with Crippen molar-refractivity contribution in [3.05, 3.63) is 65.7 Å². The molecule has 2 aromatic rings. The van der Waals surface area contributed by atoms with Crippen molar-refractivity contribution in [2.24, 2.45) is 11.5 Å². The van der Waals surface area contributed by atoms with Gasteiger partial charge in [-0.2, -0.15) is 25.3 Å². The molecule has 9 amide bonds. The molecule has 0 aliphatic carbocycles. The van der Waals surface area contributed by atoms with Crippen molar-refractivity contribution in [2.45, 2.75) is 107 Å². The smallest absolute Gasteiger partial charge is 0.305 e. The Hall–Kier alpha value is -7.46. The Balaban J connectivity index is 1.85. The van der Waals surface area contributed by atoms with E-state index in [2.05, 4.69) is 67.8 Å². The van der Waals surface area contributed by atoms with Crippen molar-refractivity contribution in [1.29, 1.82) is 5.41 Å². The van der Waals surface area contributed by atoms with Crippen LogP contribution in [0.1, 0.15) is 62.5 Å². The molecule has 1 heterocycles. The fourth-order valence-electron chi connectivity index (χ4n) is 7.54. The minimum absolute atomic E-state index is 0.00212. The Kier molecular flexibility index (Phi) is 25.7. The number of amides is 9. The number of carboxylic acid groups (broad SMARTS) is 2. The predicted octanol–water partition coefficient (Wildman–Crippen LogP) is -3.47. The second-order valence-corrected chi connectivity index (χ2v) is 17.8. The molecule has 1 aliphatic rings. The summed E-state index contributed by atoms with van der Waals surface area (Å²) in [6, 6.07) is 3.64. The van der Waals surface area contributed by atoms with E-state index in [1.54, 1.807) is 30.3 Å². The molecule has 0 saturated carbocycles. The predicted molar refractivity (Wildman–Crippen MR) is 271 cm³/mol. The number of carbonyl (C=O) groups excluding carboxylic acids is 9. The number of carboxylic acids is 2. The van der Waals surface area contributed by atoms with E-state index >= 15 is 0 Å². The number of nitrogens with zero attached hydrogens (tertiary/aromatic N) is 1. The summed E-state index contributed by atoms with van der Waals surface area (Å²) in [5.41, 5.74) is 11.7. The maximum atomic E-state index is 14.2. The van der Waals surface area contributed by atoms with Crippen molar-refractivity contribution >= 4 is 96.3 Å². The fourth-order valence-corrected chi connectivity index (χ4v) is 7.99. The number of benzene rings is 2. The van der Waals surface area contributed by atoms with Crippen molar-refractivity contribution in [3.63, 3.8) is 0 Å². The van der Waals surface area contributed by atoms with Gasteiger partial charge in [0, 0.05) is 44.5 Å². The van der Waals surface area contributed by atoms with Crippen LogP contribution in [0.15, 0.2) is 54.6 Å². The number of hydrogen-bond donors (Lipinski definition) is 16. The van der Waals surface area contributed by atoms with E-state index in [4.69, 9.17) is 16.9 Å². The number of nitrogens with two attached hydrogens (primary N) is 2. The van der Waals surface area contributed by atoms with Gasteiger partial charge >= 0.3 is 11.9 Å². The molecule has 74 heavy (non-hydrogen) atoms. The summed E-state index contributed by atoms with van der Waals surface area (Å²) in [6.45, 7) is -0.390. The number of imide groups is 1. The van der Waals surface area contributed by atoms with Crippen LogP contribution in [0.5, 0.6) is 5.75 Å². The van der Waals surface area contributed by atoms with Gasteiger partial charge < -0.3 is 68.9 Å². The van der Waals surface area contributed by atoms with E-state index in [-0.39, 0.29) is 69.1 Å². The number of thiol groups is 2. The van der Waals surface area contributed by atoms with Gasteiger partial charge in [-0.25, -0.2) is 0 Å². The summed E-state index contributed by atoms with van der Waals surface area (Å²) in [4.78, 5) is 146. The summed E-state index contributed by atoms with van der Waals surface area (Å²) in [6.07, 6.45) is -2.14. The third kappa shape index (κ3) is 20.9. The number of rotatable bonds is 30. The lowest BCUT2D eigenvalue weighted by Crippen LogP contribution is -2.60. The molecule has 0 aromatic heterocycles. The highest BCUT2D eigenvalue weighted by molar-refractivity contribution is 7.80. The van der Waals surface area contributed by atoms with Crippen LogP contribution in [0.3, 0.4) is 0 Å². The number of nitrogens with one attached hydrogen (secondary N) is 9. The lowest BCUT2D eigenvalue weighted by molar-refractivity contribution is -0.143. The maximum Gasteiger partial charge on any atom is 0.305 e. The third-order valence-corrected chi connectivity index (χ3v) is 11.9. The molecule has 7 atom stereocenters. The van der Waals surface area contributed by atoms with Crippen LogP contribution in [-0.4, -0.2) is 165 Å². The molecule has 0 spiro atoms. The molecule has 2 aromatic carbocycles. The number of phenols is 1. The zero-order chi connectivity index (χ0) is 54.9. The lowest BCUT2D eigenvalue weighted by Gasteiger charge is -2.30. The number of likely N-dealkylation sites (tertiary alicyclic amines) is 1. The monoisotopic (exact) mass is 1070 g/mol. The van der Waals surface area contributed by atoms with Crippen LogP contribution < -0.4 is 54.0 Å². The first kappa shape index (κ1) is 60.8. The first-order valence-electron chi connectivity index (χ1n) is 23.4. The normalized spacial score (nSPS) is 15.3. The Morgan fingerprint density at radius 3 is 1.80 bits per heavy atom. The van der Waals surface area contributed by atoms with Gasteiger partial charge in [0.1, 0.15) is 48.0 Å². The standard InChI is InChI=1S/C46H64N12O14S2/c47-23-36(61)57-40(67)28(8-4-17-50-46(48)49)53-44(71)34-9-5-18-58(34)45(72)33(24-74)56-43(70)32(22-38(64)65)55-39(66)29(14-15-37(62)63)52-42(69)31(20-25-6-2-1-3-7-25)54-41(68)30(51-35(60)16-19-73)21-26-10-12-27(59)13-11-26/h1-3,6-7,10-13,28-34,59,73-74H,4-5,8-9,14-24,47H2,(H,51,60)(H,52,69)(H,53,71)(H,54,68)(H,55,66)(H,56,70)(H,62,63)(H,64,65)(H4,48,49,50)(H,57,61,67)/t28-,29-,30-,31-,32-,33-,34-/m1/s1. The molecular weight excluding hydrogens is 1010 g/mol. The molecule has 1 fully saturated rings. The van der Waals surface area contributed by atoms with E-state index in [0.29, 0.717) is 17.5 Å². The summed E-state index contributed by atoms with van der Waals surface area (Å²) >= 11 is 8.28. The second-order valence-electron chi connectivity index (χ2n) is 17.0. The van der Waals surface area contributed by atoms with Crippen molar-refractivity contribution in [3.8, 4) is 5.75 Å². The number of phenolic OH excluding ortho intramolecular Hbond substituents is 1. The Morgan fingerprint density at radius 1 is 0.662 bits per heavy atom. The van der Waals surface area contributed by atoms with Gasteiger partial charge in [0.15, 0.2) is 5.96 Å². The number of carbonyl (C=O) groups is 11. The molecule has 16 N–H and O–H groups in total. The molecular formula is C46H64N12O14S2. The van der Waals surface area contributed by atoms with Crippen LogP contribution in [0.2, 0.25) is 0 Å². The van der Waals surface area contributed by atoms with Crippen molar-refractivity contribution in [1.82, 2.24) is 47.4 Å². The minimum Gasteiger partial charge on any atom is -0.508 e. The highest BCUT2D eigenvalue weighted by Gasteiger charge is 2.40. The largest absolute Gasteiger partial charge is 0.508 e. The van der Waals surface area contributed by atoms with Crippen molar-refractivity contribution in [2.75, 3.05) is 31.1 Å². The third-order valence-electron chi connectivity index (χ3n) is 11.3. The van der Waals surface area contributed by atoms with Crippen LogP contribution >= 0.6 is 25.3 Å². The highest BCUT2D eigenvalue weighted by Crippen LogP contribution is 2.20. The van der Waals surface area contributed by atoms with Gasteiger partial charge in [-0.3, -0.25) is 63.5 Å². The SMILES string of the molecule is N=C(N)NCCC[C@@H](NC(=O)[C@H]1CCCN1C(=O)[C@@H](CS)NC(=O)[C@@H](CC(=O)O)NC(=O)[C@@H](CCC(=O)O)NC(=O)[C@@H](Cc1ccccc1)NC(=O)[C@@H](Cc1ccc(O)cc1)NC(=O)CCS)C(=O)NC(=O)CN. The maximum absolute atomic E-state index is 14.2. The number of aliphatic carboxylic acids is 2. The van der Waals surface area contributed by atoms with Gasteiger partial charge in [-0.05, 0) is 61.1 Å². The molecule has 28 heteroatoms. The van der Waals surface area contributed by atoms with Gasteiger partial charge in [-0.15, -0.1) is 0 Å². The minimum atomic E-state index is -1.95. The Labute approximate surface area is 436 Å². The molecule has 0 bridgehead atoms. The Bertz CT molecular complexity index is 2330. The highest BCUT2D eigenvalue weighted by atomic mass is 32.1. The lowest BCUT2D eigenvalue weighted by atomic mass is 10.0. The molecule has 1 saturated heterocycles. The van der Waals surface area contributed by atoms with E-state index < -0.39 is 139 Å². The van der Waals surface area contributed by atoms with Crippen molar-refractivity contribution < 1.29 is 68.1 Å².